The minimum atomic E-state index is 0.900. The van der Waals surface area contributed by atoms with E-state index in [1.165, 1.54) is 31.0 Å². The van der Waals surface area contributed by atoms with E-state index in [1.807, 2.05) is 6.07 Å². The van der Waals surface area contributed by atoms with Crippen LogP contribution in [0.5, 0.6) is 5.75 Å². The summed E-state index contributed by atoms with van der Waals surface area (Å²) in [5, 5.41) is 2.49. The van der Waals surface area contributed by atoms with Crippen LogP contribution in [0.3, 0.4) is 0 Å². The van der Waals surface area contributed by atoms with Crippen molar-refractivity contribution >= 4 is 33.4 Å². The first kappa shape index (κ1) is 13.4. The highest BCUT2D eigenvalue weighted by Gasteiger charge is 2.11. The largest absolute Gasteiger partial charge is 0.497 e. The molecule has 0 aliphatic rings. The second-order valence-electron chi connectivity index (χ2n) is 4.84. The van der Waals surface area contributed by atoms with Crippen LogP contribution in [0.1, 0.15) is 5.56 Å². The normalized spacial score (nSPS) is 10.8. The molecule has 0 aliphatic heterocycles. The van der Waals surface area contributed by atoms with Crippen molar-refractivity contribution in [2.45, 2.75) is 6.92 Å². The lowest BCUT2D eigenvalue weighted by atomic mass is 9.96. The van der Waals surface area contributed by atoms with Crippen LogP contribution in [0, 0.1) is 10.5 Å². The number of ether oxygens (including phenoxy) is 1. The van der Waals surface area contributed by atoms with Crippen LogP contribution in [0.4, 0.5) is 0 Å². The molecule has 0 bridgehead atoms. The smallest absolute Gasteiger partial charge is 0.119 e. The van der Waals surface area contributed by atoms with Crippen LogP contribution in [-0.4, -0.2) is 7.11 Å². The quantitative estimate of drug-likeness (QED) is 0.544. The number of rotatable bonds is 2. The van der Waals surface area contributed by atoms with Crippen molar-refractivity contribution in [2.75, 3.05) is 7.11 Å². The van der Waals surface area contributed by atoms with Gasteiger partial charge in [-0.25, -0.2) is 0 Å². The van der Waals surface area contributed by atoms with Crippen molar-refractivity contribution in [2.24, 2.45) is 0 Å². The topological polar surface area (TPSA) is 9.23 Å². The van der Waals surface area contributed by atoms with Crippen LogP contribution in [0.2, 0.25) is 0 Å². The van der Waals surface area contributed by atoms with E-state index in [9.17, 15) is 0 Å². The average molecular weight is 374 g/mol. The molecule has 100 valence electrons. The lowest BCUT2D eigenvalue weighted by Gasteiger charge is -2.13. The van der Waals surface area contributed by atoms with E-state index in [-0.39, 0.29) is 0 Å². The second-order valence-corrected chi connectivity index (χ2v) is 5.91. The standard InChI is InChI=1S/C18H15IO/c1-12-10-14-11-15(20-2)8-9-16(14)17(18(12)19)13-6-4-3-5-7-13/h3-11H,1-2H3. The van der Waals surface area contributed by atoms with Gasteiger partial charge in [0, 0.05) is 9.13 Å². The number of hydrogen-bond donors (Lipinski definition) is 0. The molecule has 0 unspecified atom stereocenters. The predicted molar refractivity (Wildman–Crippen MR) is 93.4 cm³/mol. The first-order valence-electron chi connectivity index (χ1n) is 6.53. The number of aryl methyl sites for hydroxylation is 1. The molecule has 3 aromatic rings. The van der Waals surface area contributed by atoms with Crippen molar-refractivity contribution in [3.63, 3.8) is 0 Å². The lowest BCUT2D eigenvalue weighted by Crippen LogP contribution is -1.91. The van der Waals surface area contributed by atoms with Gasteiger partial charge < -0.3 is 4.74 Å². The summed E-state index contributed by atoms with van der Waals surface area (Å²) in [6.07, 6.45) is 0. The highest BCUT2D eigenvalue weighted by molar-refractivity contribution is 14.1. The third-order valence-corrected chi connectivity index (χ3v) is 4.92. The third-order valence-electron chi connectivity index (χ3n) is 3.53. The summed E-state index contributed by atoms with van der Waals surface area (Å²) in [7, 11) is 1.71. The molecule has 2 heteroatoms. The van der Waals surface area contributed by atoms with Gasteiger partial charge in [-0.05, 0) is 63.5 Å². The van der Waals surface area contributed by atoms with Gasteiger partial charge in [-0.3, -0.25) is 0 Å². The van der Waals surface area contributed by atoms with Gasteiger partial charge in [0.1, 0.15) is 5.75 Å². The van der Waals surface area contributed by atoms with Gasteiger partial charge in [0.2, 0.25) is 0 Å². The molecule has 0 fully saturated rings. The Morgan fingerprint density at radius 3 is 2.40 bits per heavy atom. The molecule has 0 spiro atoms. The molecule has 0 amide bonds. The van der Waals surface area contributed by atoms with Gasteiger partial charge >= 0.3 is 0 Å². The molecular formula is C18H15IO. The van der Waals surface area contributed by atoms with E-state index in [4.69, 9.17) is 4.74 Å². The highest BCUT2D eigenvalue weighted by Crippen LogP contribution is 2.36. The van der Waals surface area contributed by atoms with Gasteiger partial charge in [0.25, 0.3) is 0 Å². The number of benzene rings is 3. The van der Waals surface area contributed by atoms with E-state index < -0.39 is 0 Å². The zero-order chi connectivity index (χ0) is 14.1. The van der Waals surface area contributed by atoms with E-state index >= 15 is 0 Å². The van der Waals surface area contributed by atoms with Crippen molar-refractivity contribution in [3.05, 3.63) is 63.7 Å². The van der Waals surface area contributed by atoms with E-state index in [1.54, 1.807) is 7.11 Å². The Labute approximate surface area is 132 Å². The molecule has 0 aromatic heterocycles. The highest BCUT2D eigenvalue weighted by atomic mass is 127. The predicted octanol–water partition coefficient (Wildman–Crippen LogP) is 5.43. The first-order chi connectivity index (χ1) is 9.70. The molecule has 0 radical (unpaired) electrons. The maximum Gasteiger partial charge on any atom is 0.119 e. The van der Waals surface area contributed by atoms with Crippen LogP contribution in [0.25, 0.3) is 21.9 Å². The number of halogens is 1. The molecule has 0 aliphatic carbocycles. The molecule has 0 N–H and O–H groups in total. The van der Waals surface area contributed by atoms with E-state index in [0.717, 1.165) is 5.75 Å². The third kappa shape index (κ3) is 2.29. The summed E-state index contributed by atoms with van der Waals surface area (Å²) in [6.45, 7) is 2.16. The molecule has 1 nitrogen and oxygen atoms in total. The van der Waals surface area contributed by atoms with Crippen molar-refractivity contribution in [3.8, 4) is 16.9 Å². The van der Waals surface area contributed by atoms with Gasteiger partial charge in [-0.1, -0.05) is 42.5 Å². The van der Waals surface area contributed by atoms with Crippen LogP contribution < -0.4 is 4.74 Å². The zero-order valence-corrected chi connectivity index (χ0v) is 13.6. The average Bonchev–Trinajstić information content (AvgIpc) is 2.49. The fraction of sp³-hybridized carbons (Fsp3) is 0.111. The summed E-state index contributed by atoms with van der Waals surface area (Å²) >= 11 is 2.44. The maximum atomic E-state index is 5.34. The monoisotopic (exact) mass is 374 g/mol. The Morgan fingerprint density at radius 1 is 0.950 bits per heavy atom. The van der Waals surface area contributed by atoms with Crippen LogP contribution in [-0.2, 0) is 0 Å². The van der Waals surface area contributed by atoms with Crippen molar-refractivity contribution in [1.82, 2.24) is 0 Å². The van der Waals surface area contributed by atoms with Gasteiger partial charge in [0.05, 0.1) is 7.11 Å². The lowest BCUT2D eigenvalue weighted by molar-refractivity contribution is 0.415. The molecule has 0 saturated carbocycles. The second kappa shape index (κ2) is 5.44. The van der Waals surface area contributed by atoms with Gasteiger partial charge in [-0.15, -0.1) is 0 Å². The Balaban J connectivity index is 2.37. The summed E-state index contributed by atoms with van der Waals surface area (Å²) in [5.41, 5.74) is 3.87. The Hall–Kier alpha value is -1.55. The molecule has 20 heavy (non-hydrogen) atoms. The Kier molecular flexibility index (Phi) is 3.66. The number of methoxy groups -OCH3 is 1. The Morgan fingerprint density at radius 2 is 1.70 bits per heavy atom. The molecule has 3 rings (SSSR count). The fourth-order valence-corrected chi connectivity index (χ4v) is 3.27. The first-order valence-corrected chi connectivity index (χ1v) is 7.61. The summed E-state index contributed by atoms with van der Waals surface area (Å²) in [6, 6.07) is 19.1. The van der Waals surface area contributed by atoms with Crippen molar-refractivity contribution < 1.29 is 4.74 Å². The van der Waals surface area contributed by atoms with Crippen LogP contribution in [0.15, 0.2) is 54.6 Å². The SMILES string of the molecule is COc1ccc2c(-c3ccccc3)c(I)c(C)cc2c1. The minimum absolute atomic E-state index is 0.900. The van der Waals surface area contributed by atoms with Gasteiger partial charge in [-0.2, -0.15) is 0 Å². The molecule has 0 saturated heterocycles. The fourth-order valence-electron chi connectivity index (χ4n) is 2.51. The van der Waals surface area contributed by atoms with E-state index in [2.05, 4.69) is 78.0 Å². The zero-order valence-electron chi connectivity index (χ0n) is 11.5. The van der Waals surface area contributed by atoms with Crippen LogP contribution >= 0.6 is 22.6 Å². The molecule has 0 atom stereocenters. The molecule has 0 heterocycles. The summed E-state index contributed by atoms with van der Waals surface area (Å²) in [5.74, 6) is 0.900. The maximum absolute atomic E-state index is 5.34. The van der Waals surface area contributed by atoms with Gasteiger partial charge in [0.15, 0.2) is 0 Å². The molecular weight excluding hydrogens is 359 g/mol. The minimum Gasteiger partial charge on any atom is -0.497 e. The molecule has 3 aromatic carbocycles. The summed E-state index contributed by atoms with van der Waals surface area (Å²) < 4.78 is 6.65. The van der Waals surface area contributed by atoms with Crippen molar-refractivity contribution in [1.29, 1.82) is 0 Å². The Bertz CT molecular complexity index is 763. The summed E-state index contributed by atoms with van der Waals surface area (Å²) in [4.78, 5) is 0. The number of fused-ring (bicyclic) bond motifs is 1. The van der Waals surface area contributed by atoms with E-state index in [0.29, 0.717) is 0 Å². The number of hydrogen-bond acceptors (Lipinski definition) is 1.